The number of β-amino-alcohol motifs (C(OH)–C–C–N with tert-alkyl or cyclic N) is 1. The summed E-state index contributed by atoms with van der Waals surface area (Å²) in [6, 6.07) is 0. The summed E-state index contributed by atoms with van der Waals surface area (Å²) in [4.78, 5) is 0. The van der Waals surface area contributed by atoms with E-state index in [4.69, 9.17) is 5.11 Å². The van der Waals surface area contributed by atoms with E-state index in [1.165, 1.54) is 0 Å². The number of rotatable bonds is 3. The van der Waals surface area contributed by atoms with E-state index in [1.54, 1.807) is 4.31 Å². The number of hydrogen-bond acceptors (Lipinski definition) is 3. The summed E-state index contributed by atoms with van der Waals surface area (Å²) in [5.41, 5.74) is -1.04. The Bertz CT molecular complexity index is 210. The first-order chi connectivity index (χ1) is 5.98. The average Bonchev–Trinajstić information content (AvgIpc) is 2.47. The Kier molecular flexibility index (Phi) is 3.45. The molecule has 0 aliphatic carbocycles. The maximum Gasteiger partial charge on any atom is 0.103 e. The molecule has 0 bridgehead atoms. The first kappa shape index (κ1) is 11.1. The first-order valence-electron chi connectivity index (χ1n) is 4.47. The third kappa shape index (κ3) is 2.49. The predicted octanol–water partition coefficient (Wildman–Crippen LogP) is -0.512. The van der Waals surface area contributed by atoms with Crippen molar-refractivity contribution in [1.82, 2.24) is 4.31 Å². The van der Waals surface area contributed by atoms with Crippen LogP contribution in [0.15, 0.2) is 0 Å². The third-order valence-corrected chi connectivity index (χ3v) is 3.88. The van der Waals surface area contributed by atoms with Crippen LogP contribution in [0.1, 0.15) is 20.3 Å². The second-order valence-electron chi connectivity index (χ2n) is 3.82. The molecule has 2 unspecified atom stereocenters. The Morgan fingerprint density at radius 2 is 2.23 bits per heavy atom. The van der Waals surface area contributed by atoms with Gasteiger partial charge in [-0.1, -0.05) is 0 Å². The molecule has 5 heteroatoms. The molecule has 2 atom stereocenters. The molecule has 0 spiro atoms. The molecule has 0 radical (unpaired) electrons. The van der Waals surface area contributed by atoms with Gasteiger partial charge < -0.3 is 10.2 Å². The van der Waals surface area contributed by atoms with E-state index in [0.29, 0.717) is 19.5 Å². The lowest BCUT2D eigenvalue weighted by molar-refractivity contribution is -0.000522. The van der Waals surface area contributed by atoms with E-state index < -0.39 is 16.6 Å². The molecule has 4 nitrogen and oxygen atoms in total. The van der Waals surface area contributed by atoms with E-state index in [-0.39, 0.29) is 11.9 Å². The van der Waals surface area contributed by atoms with Gasteiger partial charge >= 0.3 is 0 Å². The smallest absolute Gasteiger partial charge is 0.103 e. The van der Waals surface area contributed by atoms with Crippen LogP contribution in [0, 0.1) is 0 Å². The van der Waals surface area contributed by atoms with Crippen molar-refractivity contribution < 1.29 is 14.4 Å². The third-order valence-electron chi connectivity index (χ3n) is 2.25. The fourth-order valence-electron chi connectivity index (χ4n) is 1.40. The maximum atomic E-state index is 11.6. The lowest BCUT2D eigenvalue weighted by atomic mass is 10.1. The maximum absolute atomic E-state index is 11.6. The molecule has 13 heavy (non-hydrogen) atoms. The molecule has 0 aromatic rings. The lowest BCUT2D eigenvalue weighted by Crippen LogP contribution is -2.38. The molecular formula is C8H17NO3S. The summed E-state index contributed by atoms with van der Waals surface area (Å²) < 4.78 is 13.3. The van der Waals surface area contributed by atoms with Gasteiger partial charge in [-0.2, -0.15) is 0 Å². The highest BCUT2D eigenvalue weighted by Crippen LogP contribution is 2.22. The summed E-state index contributed by atoms with van der Waals surface area (Å²) in [5.74, 6) is 0. The lowest BCUT2D eigenvalue weighted by Gasteiger charge is -2.21. The molecule has 1 aliphatic heterocycles. The van der Waals surface area contributed by atoms with Gasteiger partial charge in [0, 0.05) is 18.3 Å². The molecule has 0 saturated carbocycles. The highest BCUT2D eigenvalue weighted by Gasteiger charge is 2.38. The van der Waals surface area contributed by atoms with E-state index in [0.717, 1.165) is 0 Å². The van der Waals surface area contributed by atoms with Crippen molar-refractivity contribution in [1.29, 1.82) is 0 Å². The van der Waals surface area contributed by atoms with Crippen LogP contribution in [0.2, 0.25) is 0 Å². The van der Waals surface area contributed by atoms with Gasteiger partial charge in [-0.3, -0.25) is 0 Å². The summed E-state index contributed by atoms with van der Waals surface area (Å²) >= 11 is 0. The zero-order valence-electron chi connectivity index (χ0n) is 8.06. The van der Waals surface area contributed by atoms with E-state index in [9.17, 15) is 9.32 Å². The van der Waals surface area contributed by atoms with Crippen molar-refractivity contribution in [3.05, 3.63) is 0 Å². The van der Waals surface area contributed by atoms with Crippen LogP contribution < -0.4 is 0 Å². The fourth-order valence-corrected chi connectivity index (χ4v) is 2.64. The molecular weight excluding hydrogens is 190 g/mol. The van der Waals surface area contributed by atoms with Gasteiger partial charge in [-0.15, -0.1) is 0 Å². The molecule has 2 N–H and O–H groups in total. The molecule has 0 aromatic heterocycles. The number of aliphatic hydroxyl groups excluding tert-OH is 1. The summed E-state index contributed by atoms with van der Waals surface area (Å²) in [7, 11) is -1.03. The first-order valence-corrected chi connectivity index (χ1v) is 5.64. The minimum atomic E-state index is -1.04. The van der Waals surface area contributed by atoms with Gasteiger partial charge in [0.1, 0.15) is 5.60 Å². The summed E-state index contributed by atoms with van der Waals surface area (Å²) in [6.07, 6.45) is 0.502. The van der Waals surface area contributed by atoms with Gasteiger partial charge in [0.2, 0.25) is 0 Å². The van der Waals surface area contributed by atoms with Gasteiger partial charge in [-0.25, -0.2) is 8.51 Å². The molecule has 1 heterocycles. The molecule has 1 fully saturated rings. The van der Waals surface area contributed by atoms with Crippen LogP contribution in [0.25, 0.3) is 0 Å². The summed E-state index contributed by atoms with van der Waals surface area (Å²) in [6.45, 7) is 4.42. The Labute approximate surface area is 81.1 Å². The van der Waals surface area contributed by atoms with Crippen molar-refractivity contribution in [2.24, 2.45) is 0 Å². The molecule has 78 valence electrons. The van der Waals surface area contributed by atoms with Crippen LogP contribution in [-0.4, -0.2) is 49.3 Å². The highest BCUT2D eigenvalue weighted by atomic mass is 32.2. The monoisotopic (exact) mass is 207 g/mol. The quantitative estimate of drug-likeness (QED) is 0.655. The van der Waals surface area contributed by atoms with Gasteiger partial charge in [0.05, 0.1) is 17.6 Å². The van der Waals surface area contributed by atoms with Gasteiger partial charge in [0.25, 0.3) is 0 Å². The van der Waals surface area contributed by atoms with Gasteiger partial charge in [-0.05, 0) is 20.3 Å². The van der Waals surface area contributed by atoms with Crippen LogP contribution in [-0.2, 0) is 11.0 Å². The average molecular weight is 207 g/mol. The highest BCUT2D eigenvalue weighted by molar-refractivity contribution is 7.83. The second-order valence-corrected chi connectivity index (χ2v) is 5.83. The Morgan fingerprint density at radius 3 is 2.62 bits per heavy atom. The van der Waals surface area contributed by atoms with Crippen molar-refractivity contribution in [3.63, 3.8) is 0 Å². The summed E-state index contributed by atoms with van der Waals surface area (Å²) in [5, 5.41) is 18.6. The number of aliphatic hydroxyl groups is 2. The predicted molar refractivity (Wildman–Crippen MR) is 51.5 cm³/mol. The second kappa shape index (κ2) is 4.04. The van der Waals surface area contributed by atoms with E-state index >= 15 is 0 Å². The number of nitrogens with zero attached hydrogens (tertiary/aromatic N) is 1. The largest absolute Gasteiger partial charge is 0.393 e. The van der Waals surface area contributed by atoms with Crippen LogP contribution in [0.4, 0.5) is 0 Å². The zero-order chi connectivity index (χ0) is 10.1. The fraction of sp³-hybridized carbons (Fsp3) is 1.00. The van der Waals surface area contributed by atoms with Crippen LogP contribution in [0.5, 0.6) is 0 Å². The van der Waals surface area contributed by atoms with Crippen molar-refractivity contribution in [3.8, 4) is 0 Å². The minimum absolute atomic E-state index is 0.0704. The van der Waals surface area contributed by atoms with Crippen molar-refractivity contribution >= 4 is 11.0 Å². The van der Waals surface area contributed by atoms with Gasteiger partial charge in [0.15, 0.2) is 0 Å². The normalized spacial score (nSPS) is 32.7. The van der Waals surface area contributed by atoms with Crippen molar-refractivity contribution in [2.75, 3.05) is 19.7 Å². The Hall–Kier alpha value is 0.0300. The standard InChI is InChI=1S/C8H17NO3S/c1-7(2)13(12)9-4-3-8(11,5-9)6-10/h7,10-11H,3-6H2,1-2H3. The Morgan fingerprint density at radius 1 is 1.62 bits per heavy atom. The minimum Gasteiger partial charge on any atom is -0.393 e. The van der Waals surface area contributed by atoms with E-state index in [1.807, 2.05) is 13.8 Å². The molecule has 1 saturated heterocycles. The molecule has 0 amide bonds. The number of hydrogen-bond donors (Lipinski definition) is 2. The topological polar surface area (TPSA) is 60.8 Å². The van der Waals surface area contributed by atoms with Crippen LogP contribution >= 0.6 is 0 Å². The zero-order valence-corrected chi connectivity index (χ0v) is 8.88. The van der Waals surface area contributed by atoms with Crippen molar-refractivity contribution in [2.45, 2.75) is 31.1 Å². The molecule has 0 aromatic carbocycles. The molecule has 1 aliphatic rings. The molecule has 1 rings (SSSR count). The van der Waals surface area contributed by atoms with Crippen LogP contribution in [0.3, 0.4) is 0 Å². The SMILES string of the molecule is CC(C)S(=O)N1CCC(O)(CO)C1. The van der Waals surface area contributed by atoms with E-state index in [2.05, 4.69) is 0 Å². The Balaban J connectivity index is 2.55.